The molecular formula is C122H123N3O12. The molecule has 0 fully saturated rings. The van der Waals surface area contributed by atoms with Crippen molar-refractivity contribution in [1.29, 1.82) is 0 Å². The molecule has 698 valence electrons. The molecule has 15 nitrogen and oxygen atoms in total. The van der Waals surface area contributed by atoms with E-state index in [1.54, 1.807) is 29.7 Å². The van der Waals surface area contributed by atoms with Gasteiger partial charge in [0, 0.05) is 75.9 Å². The van der Waals surface area contributed by atoms with E-state index in [4.69, 9.17) is 14.2 Å². The number of aliphatic hydroxyl groups excluding tert-OH is 1. The van der Waals surface area contributed by atoms with Crippen LogP contribution in [0.15, 0.2) is 382 Å². The summed E-state index contributed by atoms with van der Waals surface area (Å²) in [4.78, 5) is 79.1. The molecule has 0 aromatic heterocycles. The van der Waals surface area contributed by atoms with Gasteiger partial charge in [-0.2, -0.15) is 0 Å². The SMILES string of the molecule is C/C(=C\c1cc(CC(=O)N(C)CCc2ccccc2)c2cccc(OCc3ccccc3)c2c1)C(=O)O.C=C(O)CC/C(=C\c1cccc(OCc2ccc3ccccc3c2)c1)c1ccccc1.CCCN(CCc1ccccc1)C(=O)Cc1ccc(CC(CCC(C)=O)c2ccccc2)cc1.CN(CCc1ccccc1)C(=O)Cc1cc(CCC(=O)O)cc2c(Oc3ccccc3)cccc12. The number of carboxylic acid groups (broad SMARTS) is 2. The third-order valence-electron chi connectivity index (χ3n) is 24.0. The van der Waals surface area contributed by atoms with Crippen molar-refractivity contribution in [2.24, 2.45) is 0 Å². The number of carbonyl (C=O) groups is 6. The summed E-state index contributed by atoms with van der Waals surface area (Å²) in [5, 5.41) is 34.2. The van der Waals surface area contributed by atoms with Gasteiger partial charge < -0.3 is 49.0 Å². The molecule has 0 bridgehead atoms. The van der Waals surface area contributed by atoms with E-state index in [-0.39, 0.29) is 54.1 Å². The van der Waals surface area contributed by atoms with E-state index in [0.717, 1.165) is 141 Å². The van der Waals surface area contributed by atoms with Gasteiger partial charge in [0.1, 0.15) is 42.0 Å². The average molecular weight is 1820 g/mol. The number of carbonyl (C=O) groups excluding carboxylic acids is 4. The Balaban J connectivity index is 0.000000164. The summed E-state index contributed by atoms with van der Waals surface area (Å²) in [5.41, 5.74) is 16.3. The molecule has 15 heteroatoms. The molecular weight excluding hydrogens is 1700 g/mol. The fourth-order valence-electron chi connectivity index (χ4n) is 16.4. The average Bonchev–Trinajstić information content (AvgIpc) is 0.786. The minimum atomic E-state index is -0.980. The van der Waals surface area contributed by atoms with Gasteiger partial charge in [-0.1, -0.05) is 329 Å². The lowest BCUT2D eigenvalue weighted by Crippen LogP contribution is -2.34. The highest BCUT2D eigenvalue weighted by molar-refractivity contribution is 5.98. The highest BCUT2D eigenvalue weighted by Crippen LogP contribution is 2.37. The van der Waals surface area contributed by atoms with Gasteiger partial charge in [0.05, 0.1) is 25.0 Å². The Bertz CT molecular complexity index is 6510. The summed E-state index contributed by atoms with van der Waals surface area (Å²) in [6, 6.07) is 121. The van der Waals surface area contributed by atoms with E-state index in [1.165, 1.54) is 38.6 Å². The molecule has 1 unspecified atom stereocenters. The van der Waals surface area contributed by atoms with Crippen LogP contribution >= 0.6 is 0 Å². The van der Waals surface area contributed by atoms with Crippen molar-refractivity contribution in [3.63, 3.8) is 0 Å². The molecule has 15 aromatic carbocycles. The molecule has 0 aliphatic rings. The first-order valence-electron chi connectivity index (χ1n) is 47.1. The molecule has 3 amide bonds. The predicted octanol–water partition coefficient (Wildman–Crippen LogP) is 26.3. The minimum absolute atomic E-state index is 0.00363. The summed E-state index contributed by atoms with van der Waals surface area (Å²) >= 11 is 0. The normalized spacial score (nSPS) is 11.3. The van der Waals surface area contributed by atoms with Crippen LogP contribution in [0.25, 0.3) is 50.0 Å². The van der Waals surface area contributed by atoms with E-state index in [0.29, 0.717) is 75.2 Å². The summed E-state index contributed by atoms with van der Waals surface area (Å²) < 4.78 is 18.4. The number of ketones is 1. The van der Waals surface area contributed by atoms with Crippen molar-refractivity contribution < 1.29 is 58.3 Å². The van der Waals surface area contributed by atoms with E-state index in [9.17, 15) is 44.1 Å². The molecule has 0 heterocycles. The molecule has 0 aliphatic heterocycles. The molecule has 0 saturated heterocycles. The number of aliphatic carboxylic acids is 2. The number of nitrogens with zero attached hydrogens (tertiary/aromatic N) is 3. The Labute approximate surface area is 806 Å². The molecule has 15 aromatic rings. The molecule has 3 N–H and O–H groups in total. The number of amides is 3. The zero-order valence-corrected chi connectivity index (χ0v) is 79.1. The predicted molar refractivity (Wildman–Crippen MR) is 555 cm³/mol. The number of benzene rings is 15. The van der Waals surface area contributed by atoms with E-state index in [1.807, 2.05) is 231 Å². The van der Waals surface area contributed by atoms with Crippen LogP contribution in [0.5, 0.6) is 23.0 Å². The van der Waals surface area contributed by atoms with Crippen LogP contribution in [-0.4, -0.2) is 106 Å². The lowest BCUT2D eigenvalue weighted by molar-refractivity contribution is -0.137. The number of Topliss-reactive ketones (excluding diaryl/α,β-unsaturated/α-hetero) is 1. The number of likely N-dealkylation sites (N-methyl/N-ethyl adjacent to an activating group) is 2. The first-order valence-corrected chi connectivity index (χ1v) is 47.1. The highest BCUT2D eigenvalue weighted by Gasteiger charge is 2.22. The van der Waals surface area contributed by atoms with E-state index >= 15 is 0 Å². The third-order valence-corrected chi connectivity index (χ3v) is 24.0. The Morgan fingerprint density at radius 3 is 1.45 bits per heavy atom. The van der Waals surface area contributed by atoms with Crippen molar-refractivity contribution >= 4 is 85.5 Å². The topological polar surface area (TPSA) is 201 Å². The zero-order valence-electron chi connectivity index (χ0n) is 79.1. The maximum atomic E-state index is 13.2. The summed E-state index contributed by atoms with van der Waals surface area (Å²) in [6.07, 6.45) is 12.1. The number of carboxylic acids is 2. The summed E-state index contributed by atoms with van der Waals surface area (Å²) in [7, 11) is 3.64. The maximum absolute atomic E-state index is 13.2. The number of ether oxygens (including phenoxy) is 3. The number of aliphatic hydroxyl groups is 1. The van der Waals surface area contributed by atoms with Crippen molar-refractivity contribution in [3.05, 3.63) is 460 Å². The number of aryl methyl sites for hydroxylation is 1. The zero-order chi connectivity index (χ0) is 96.5. The van der Waals surface area contributed by atoms with Gasteiger partial charge in [0.2, 0.25) is 17.7 Å². The minimum Gasteiger partial charge on any atom is -0.513 e. The first kappa shape index (κ1) is 101. The first-order chi connectivity index (χ1) is 66.6. The molecule has 137 heavy (non-hydrogen) atoms. The Morgan fingerprint density at radius 2 is 0.876 bits per heavy atom. The molecule has 0 saturated carbocycles. The number of fused-ring (bicyclic) bond motifs is 3. The summed E-state index contributed by atoms with van der Waals surface area (Å²) in [5.74, 6) is 2.06. The van der Waals surface area contributed by atoms with Crippen LogP contribution in [0, 0.1) is 0 Å². The fraction of sp³-hybridized carbons (Fsp3) is 0.213. The van der Waals surface area contributed by atoms with Crippen LogP contribution in [0.1, 0.15) is 143 Å². The van der Waals surface area contributed by atoms with Gasteiger partial charge >= 0.3 is 11.9 Å². The lowest BCUT2D eigenvalue weighted by atomic mass is 9.87. The third kappa shape index (κ3) is 32.7. The largest absolute Gasteiger partial charge is 0.513 e. The quantitative estimate of drug-likeness (QED) is 0.0186. The van der Waals surface area contributed by atoms with Gasteiger partial charge in [-0.25, -0.2) is 4.79 Å². The van der Waals surface area contributed by atoms with Gasteiger partial charge in [-0.15, -0.1) is 0 Å². The number of para-hydroxylation sites is 1. The second kappa shape index (κ2) is 52.8. The van der Waals surface area contributed by atoms with Crippen LogP contribution in [-0.2, 0) is 93.3 Å². The van der Waals surface area contributed by atoms with Gasteiger partial charge in [-0.05, 0) is 237 Å². The van der Waals surface area contributed by atoms with Crippen LogP contribution in [0.4, 0.5) is 0 Å². The van der Waals surface area contributed by atoms with E-state index < -0.39 is 11.9 Å². The summed E-state index contributed by atoms with van der Waals surface area (Å²) in [6.45, 7) is 12.7. The molecule has 0 radical (unpaired) electrons. The second-order valence-electron chi connectivity index (χ2n) is 34.6. The van der Waals surface area contributed by atoms with E-state index in [2.05, 4.69) is 171 Å². The van der Waals surface area contributed by atoms with Crippen molar-refractivity contribution in [1.82, 2.24) is 14.7 Å². The van der Waals surface area contributed by atoms with Crippen molar-refractivity contribution in [2.75, 3.05) is 40.3 Å². The van der Waals surface area contributed by atoms with Crippen molar-refractivity contribution in [3.8, 4) is 23.0 Å². The Hall–Kier alpha value is -15.5. The van der Waals surface area contributed by atoms with Crippen LogP contribution < -0.4 is 14.2 Å². The molecule has 0 spiro atoms. The number of rotatable bonds is 41. The Morgan fingerprint density at radius 1 is 0.372 bits per heavy atom. The maximum Gasteiger partial charge on any atom is 0.331 e. The molecule has 0 aliphatic carbocycles. The fourth-order valence-corrected chi connectivity index (χ4v) is 16.4. The Kier molecular flexibility index (Phi) is 38.8. The highest BCUT2D eigenvalue weighted by atomic mass is 16.5. The second-order valence-corrected chi connectivity index (χ2v) is 34.6. The number of allylic oxidation sites excluding steroid dienone is 2. The smallest absolute Gasteiger partial charge is 0.331 e. The van der Waals surface area contributed by atoms with Crippen LogP contribution in [0.2, 0.25) is 0 Å². The molecule has 15 rings (SSSR count). The number of hydrogen-bond donors (Lipinski definition) is 3. The van der Waals surface area contributed by atoms with Gasteiger partial charge in [0.15, 0.2) is 0 Å². The lowest BCUT2D eigenvalue weighted by Gasteiger charge is -2.22. The van der Waals surface area contributed by atoms with Gasteiger partial charge in [-0.3, -0.25) is 19.2 Å². The van der Waals surface area contributed by atoms with Crippen molar-refractivity contribution in [2.45, 2.75) is 130 Å². The number of hydrogen-bond acceptors (Lipinski definition) is 10. The standard InChI is InChI=1S/C32H31NO4.C31H37NO2.C30H29NO4.C29H26O2/c1-23(32(35)36)18-26-19-27(21-31(34)33(2)17-16-24-10-5-3-6-11-24)28-14-9-15-30(29(28)20-26)37-22-25-12-7-4-8-13-25;1-3-21-32(22-20-26-10-6-4-7-11-26)31(34)24-28-17-15-27(16-18-28)23-30(19-14-25(2)33)29-12-8-5-9-13-29;1-31(18-17-22-9-4-2-5-10-22)29(32)21-24-19-23(15-16-30(33)34)20-27-26(24)13-8-14-28(27)35-25-11-6-3-7-12-25;1-22(30)14-16-28(25-9-3-2-4-10-25)18-23-8-7-13-29(20-23)31-21-24-15-17-26-11-5-6-12-27(26)19-24/h3-15,18-20H,16-17,21-22H2,1-2H3,(H,35,36);4-13,15-18,30H,3,14,19-24H2,1-2H3;2-14,19-20H,15-18,21H2,1H3,(H,33,34);2-13,15,17-20,30H,1,14,16,21H2/b23-18+;;;28-18+. The van der Waals surface area contributed by atoms with Gasteiger partial charge in [0.25, 0.3) is 0 Å². The molecule has 1 atom stereocenters. The van der Waals surface area contributed by atoms with Crippen LogP contribution in [0.3, 0.4) is 0 Å². The monoisotopic (exact) mass is 1820 g/mol.